The van der Waals surface area contributed by atoms with Crippen LogP contribution >= 0.6 is 0 Å². The molecule has 2 heterocycles. The highest BCUT2D eigenvalue weighted by Gasteiger charge is 2.28. The number of likely N-dealkylation sites (tertiary alicyclic amines) is 1. The minimum absolute atomic E-state index is 0.0528. The van der Waals surface area contributed by atoms with Crippen molar-refractivity contribution in [3.63, 3.8) is 0 Å². The first-order valence-electron chi connectivity index (χ1n) is 8.03. The predicted octanol–water partition coefficient (Wildman–Crippen LogP) is -0.259. The van der Waals surface area contributed by atoms with Crippen molar-refractivity contribution < 1.29 is 13.2 Å². The molecule has 0 bridgehead atoms. The molecule has 7 nitrogen and oxygen atoms in total. The number of carbonyl (C=O) groups excluding carboxylic acids is 1. The highest BCUT2D eigenvalue weighted by atomic mass is 32.2. The zero-order valence-corrected chi connectivity index (χ0v) is 14.0. The molecule has 0 aliphatic carbocycles. The van der Waals surface area contributed by atoms with Gasteiger partial charge in [0.1, 0.15) is 0 Å². The molecule has 0 saturated carbocycles. The normalized spacial score (nSPS) is 24.8. The van der Waals surface area contributed by atoms with E-state index in [9.17, 15) is 13.2 Å². The number of nitrogens with one attached hydrogen (secondary N) is 2. The van der Waals surface area contributed by atoms with Crippen LogP contribution in [0.4, 0.5) is 0 Å². The molecule has 2 rings (SSSR count). The van der Waals surface area contributed by atoms with Crippen LogP contribution in [-0.4, -0.2) is 68.9 Å². The third kappa shape index (κ3) is 5.15. The summed E-state index contributed by atoms with van der Waals surface area (Å²) in [5.41, 5.74) is 0. The van der Waals surface area contributed by atoms with Crippen molar-refractivity contribution in [2.75, 3.05) is 37.7 Å². The number of carbonyl (C=O) groups is 1. The van der Waals surface area contributed by atoms with E-state index in [0.717, 1.165) is 32.5 Å². The van der Waals surface area contributed by atoms with E-state index in [4.69, 9.17) is 0 Å². The van der Waals surface area contributed by atoms with Crippen LogP contribution in [0.1, 0.15) is 32.6 Å². The van der Waals surface area contributed by atoms with Gasteiger partial charge in [0.05, 0.1) is 11.5 Å². The standard InChI is InChI=1S/C14H26N4O3S/c1-2-15-14(17-12-6-10-22(20,21)11-12)16-7-4-9-18-8-3-5-13(18)19/h12H,2-11H2,1H3,(H2,15,16,17). The average Bonchev–Trinajstić information content (AvgIpc) is 3.01. The van der Waals surface area contributed by atoms with Crippen molar-refractivity contribution >= 4 is 21.7 Å². The van der Waals surface area contributed by atoms with Crippen LogP contribution in [0.2, 0.25) is 0 Å². The van der Waals surface area contributed by atoms with Gasteiger partial charge in [0.2, 0.25) is 5.91 Å². The van der Waals surface area contributed by atoms with Crippen LogP contribution in [0, 0.1) is 0 Å². The second-order valence-electron chi connectivity index (χ2n) is 5.84. The van der Waals surface area contributed by atoms with Gasteiger partial charge in [-0.25, -0.2) is 8.42 Å². The average molecular weight is 330 g/mol. The molecule has 8 heteroatoms. The number of hydrogen-bond acceptors (Lipinski definition) is 4. The monoisotopic (exact) mass is 330 g/mol. The van der Waals surface area contributed by atoms with E-state index in [1.165, 1.54) is 0 Å². The Kier molecular flexibility index (Phi) is 6.05. The molecule has 1 atom stereocenters. The lowest BCUT2D eigenvalue weighted by molar-refractivity contribution is -0.127. The van der Waals surface area contributed by atoms with Crippen LogP contribution in [-0.2, 0) is 14.6 Å². The van der Waals surface area contributed by atoms with E-state index >= 15 is 0 Å². The van der Waals surface area contributed by atoms with Crippen molar-refractivity contribution in [2.24, 2.45) is 4.99 Å². The van der Waals surface area contributed by atoms with Gasteiger partial charge in [0.15, 0.2) is 15.8 Å². The molecular weight excluding hydrogens is 304 g/mol. The fourth-order valence-electron chi connectivity index (χ4n) is 2.82. The van der Waals surface area contributed by atoms with Gasteiger partial charge in [-0.05, 0) is 26.2 Å². The molecule has 2 N–H and O–H groups in total. The SMILES string of the molecule is CCNC(=NCCCN1CCCC1=O)NC1CCS(=O)(=O)C1. The summed E-state index contributed by atoms with van der Waals surface area (Å²) in [5.74, 6) is 1.34. The number of hydrogen-bond donors (Lipinski definition) is 2. The Balaban J connectivity index is 1.76. The summed E-state index contributed by atoms with van der Waals surface area (Å²) in [4.78, 5) is 17.9. The van der Waals surface area contributed by atoms with E-state index in [1.54, 1.807) is 0 Å². The maximum Gasteiger partial charge on any atom is 0.222 e. The van der Waals surface area contributed by atoms with Crippen molar-refractivity contribution in [3.8, 4) is 0 Å². The molecule has 0 aromatic rings. The van der Waals surface area contributed by atoms with Gasteiger partial charge in [-0.3, -0.25) is 9.79 Å². The van der Waals surface area contributed by atoms with Crippen LogP contribution in [0.5, 0.6) is 0 Å². The molecule has 1 amide bonds. The van der Waals surface area contributed by atoms with Gasteiger partial charge in [-0.15, -0.1) is 0 Å². The molecule has 2 fully saturated rings. The number of nitrogens with zero attached hydrogens (tertiary/aromatic N) is 2. The molecule has 0 radical (unpaired) electrons. The largest absolute Gasteiger partial charge is 0.357 e. The third-order valence-electron chi connectivity index (χ3n) is 3.94. The van der Waals surface area contributed by atoms with Gasteiger partial charge in [-0.2, -0.15) is 0 Å². The summed E-state index contributed by atoms with van der Waals surface area (Å²) in [6.45, 7) is 4.94. The van der Waals surface area contributed by atoms with E-state index in [-0.39, 0.29) is 23.5 Å². The summed E-state index contributed by atoms with van der Waals surface area (Å²) in [5, 5.41) is 6.33. The summed E-state index contributed by atoms with van der Waals surface area (Å²) < 4.78 is 23.0. The molecule has 0 aromatic carbocycles. The lowest BCUT2D eigenvalue weighted by atomic mass is 10.3. The lowest BCUT2D eigenvalue weighted by Gasteiger charge is -2.17. The topological polar surface area (TPSA) is 90.9 Å². The number of aliphatic imine (C=N–C) groups is 1. The van der Waals surface area contributed by atoms with Crippen LogP contribution in [0.3, 0.4) is 0 Å². The first kappa shape index (κ1) is 17.1. The minimum Gasteiger partial charge on any atom is -0.357 e. The number of sulfone groups is 1. The number of rotatable bonds is 6. The van der Waals surface area contributed by atoms with E-state index in [1.807, 2.05) is 11.8 Å². The van der Waals surface area contributed by atoms with Gasteiger partial charge in [0.25, 0.3) is 0 Å². The van der Waals surface area contributed by atoms with Crippen LogP contribution in [0.25, 0.3) is 0 Å². The van der Waals surface area contributed by atoms with E-state index < -0.39 is 9.84 Å². The molecule has 126 valence electrons. The second kappa shape index (κ2) is 7.80. The predicted molar refractivity (Wildman–Crippen MR) is 86.6 cm³/mol. The van der Waals surface area contributed by atoms with Gasteiger partial charge >= 0.3 is 0 Å². The number of amides is 1. The van der Waals surface area contributed by atoms with Gasteiger partial charge < -0.3 is 15.5 Å². The van der Waals surface area contributed by atoms with Gasteiger partial charge in [0, 0.05) is 38.6 Å². The fraction of sp³-hybridized carbons (Fsp3) is 0.857. The summed E-state index contributed by atoms with van der Waals surface area (Å²) >= 11 is 0. The maximum absolute atomic E-state index is 11.5. The maximum atomic E-state index is 11.5. The lowest BCUT2D eigenvalue weighted by Crippen LogP contribution is -2.44. The molecule has 2 aliphatic heterocycles. The Morgan fingerprint density at radius 2 is 2.27 bits per heavy atom. The Labute approximate surface area is 132 Å². The van der Waals surface area contributed by atoms with Crippen LogP contribution < -0.4 is 10.6 Å². The van der Waals surface area contributed by atoms with E-state index in [0.29, 0.717) is 25.3 Å². The van der Waals surface area contributed by atoms with Gasteiger partial charge in [-0.1, -0.05) is 0 Å². The minimum atomic E-state index is -2.89. The summed E-state index contributed by atoms with van der Waals surface area (Å²) in [7, 11) is -2.89. The molecule has 22 heavy (non-hydrogen) atoms. The quantitative estimate of drug-likeness (QED) is 0.398. The smallest absolute Gasteiger partial charge is 0.222 e. The Morgan fingerprint density at radius 1 is 1.45 bits per heavy atom. The summed E-state index contributed by atoms with van der Waals surface area (Å²) in [6, 6.07) is -0.0528. The van der Waals surface area contributed by atoms with E-state index in [2.05, 4.69) is 15.6 Å². The zero-order valence-electron chi connectivity index (χ0n) is 13.2. The van der Waals surface area contributed by atoms with Crippen LogP contribution in [0.15, 0.2) is 4.99 Å². The molecule has 2 saturated heterocycles. The van der Waals surface area contributed by atoms with Crippen molar-refractivity contribution in [1.29, 1.82) is 0 Å². The Bertz CT molecular complexity index is 518. The molecule has 1 unspecified atom stereocenters. The Hall–Kier alpha value is -1.31. The number of guanidine groups is 1. The highest BCUT2D eigenvalue weighted by molar-refractivity contribution is 7.91. The summed E-state index contributed by atoms with van der Waals surface area (Å²) in [6.07, 6.45) is 3.09. The molecule has 2 aliphatic rings. The van der Waals surface area contributed by atoms with Crippen molar-refractivity contribution in [2.45, 2.75) is 38.6 Å². The Morgan fingerprint density at radius 3 is 2.86 bits per heavy atom. The molecule has 0 aromatic heterocycles. The second-order valence-corrected chi connectivity index (χ2v) is 8.07. The zero-order chi connectivity index (χ0) is 16.0. The van der Waals surface area contributed by atoms with Crippen molar-refractivity contribution in [3.05, 3.63) is 0 Å². The first-order valence-corrected chi connectivity index (χ1v) is 9.85. The van der Waals surface area contributed by atoms with Crippen molar-refractivity contribution in [1.82, 2.24) is 15.5 Å². The third-order valence-corrected chi connectivity index (χ3v) is 5.71. The molecule has 0 spiro atoms. The molecular formula is C14H26N4O3S. The fourth-order valence-corrected chi connectivity index (χ4v) is 4.49. The highest BCUT2D eigenvalue weighted by Crippen LogP contribution is 2.11. The first-order chi connectivity index (χ1) is 10.5.